The summed E-state index contributed by atoms with van der Waals surface area (Å²) in [5.74, 6) is -3.95. The highest BCUT2D eigenvalue weighted by Crippen LogP contribution is 2.06. The number of unbranched alkanes of at least 4 members (excludes halogenated alkanes) is 1. The monoisotopic (exact) mass is 492 g/mol. The Hall–Kier alpha value is -3.51. The first-order chi connectivity index (χ1) is 16.5. The van der Waals surface area contributed by atoms with Gasteiger partial charge in [-0.3, -0.25) is 19.2 Å². The SMILES string of the molecule is CC(NC(=O)C(N)CCCCN)C(=O)NC(Cc1ccccc1)C(=O)NC(CCC(N)=O)C(=O)O. The highest BCUT2D eigenvalue weighted by atomic mass is 16.4. The molecule has 1 aromatic carbocycles. The van der Waals surface area contributed by atoms with Crippen molar-refractivity contribution < 1.29 is 29.1 Å². The van der Waals surface area contributed by atoms with Gasteiger partial charge >= 0.3 is 5.97 Å². The number of amides is 4. The van der Waals surface area contributed by atoms with Gasteiger partial charge in [-0.15, -0.1) is 0 Å². The van der Waals surface area contributed by atoms with Crippen LogP contribution in [0.15, 0.2) is 30.3 Å². The Bertz CT molecular complexity index is 865. The van der Waals surface area contributed by atoms with Crippen molar-refractivity contribution in [2.24, 2.45) is 17.2 Å². The maximum absolute atomic E-state index is 12.9. The molecule has 0 saturated heterocycles. The summed E-state index contributed by atoms with van der Waals surface area (Å²) in [7, 11) is 0. The quantitative estimate of drug-likeness (QED) is 0.134. The molecular formula is C23H36N6O6. The number of aliphatic carboxylic acids is 1. The fourth-order valence-electron chi connectivity index (χ4n) is 3.20. The molecule has 194 valence electrons. The largest absolute Gasteiger partial charge is 0.480 e. The van der Waals surface area contributed by atoms with Crippen LogP contribution < -0.4 is 33.2 Å². The van der Waals surface area contributed by atoms with Gasteiger partial charge in [-0.2, -0.15) is 0 Å². The Balaban J connectivity index is 2.88. The summed E-state index contributed by atoms with van der Waals surface area (Å²) in [6.07, 6.45) is 1.45. The molecule has 0 saturated carbocycles. The van der Waals surface area contributed by atoms with E-state index in [0.29, 0.717) is 19.4 Å². The first kappa shape index (κ1) is 29.5. The molecular weight excluding hydrogens is 456 g/mol. The molecule has 0 heterocycles. The van der Waals surface area contributed by atoms with Gasteiger partial charge in [0.2, 0.25) is 23.6 Å². The van der Waals surface area contributed by atoms with Crippen LogP contribution in [0.4, 0.5) is 0 Å². The molecule has 4 unspecified atom stereocenters. The highest BCUT2D eigenvalue weighted by molar-refractivity contribution is 5.94. The molecule has 0 aliphatic heterocycles. The molecule has 0 aromatic heterocycles. The summed E-state index contributed by atoms with van der Waals surface area (Å²) < 4.78 is 0. The Kier molecular flexibility index (Phi) is 13.0. The number of primary amides is 1. The number of nitrogens with two attached hydrogens (primary N) is 3. The topological polar surface area (TPSA) is 220 Å². The van der Waals surface area contributed by atoms with Crippen molar-refractivity contribution in [2.75, 3.05) is 6.54 Å². The Morgan fingerprint density at radius 3 is 2.09 bits per heavy atom. The van der Waals surface area contributed by atoms with Crippen LogP contribution in [0.5, 0.6) is 0 Å². The van der Waals surface area contributed by atoms with E-state index in [1.54, 1.807) is 30.3 Å². The van der Waals surface area contributed by atoms with Crippen molar-refractivity contribution in [1.29, 1.82) is 0 Å². The van der Waals surface area contributed by atoms with E-state index in [-0.39, 0.29) is 19.3 Å². The zero-order chi connectivity index (χ0) is 26.4. The molecule has 35 heavy (non-hydrogen) atoms. The van der Waals surface area contributed by atoms with Crippen LogP contribution in [0.1, 0.15) is 44.6 Å². The summed E-state index contributed by atoms with van der Waals surface area (Å²) in [6, 6.07) is 4.49. The summed E-state index contributed by atoms with van der Waals surface area (Å²) in [5.41, 5.74) is 17.1. The van der Waals surface area contributed by atoms with Crippen LogP contribution in [0, 0.1) is 0 Å². The zero-order valence-corrected chi connectivity index (χ0v) is 19.9. The molecule has 0 aliphatic carbocycles. The first-order valence-corrected chi connectivity index (χ1v) is 11.5. The fraction of sp³-hybridized carbons (Fsp3) is 0.522. The number of rotatable bonds is 16. The lowest BCUT2D eigenvalue weighted by molar-refractivity contribution is -0.142. The molecule has 4 atom stereocenters. The maximum Gasteiger partial charge on any atom is 0.326 e. The van der Waals surface area contributed by atoms with Gasteiger partial charge in [0, 0.05) is 12.8 Å². The number of hydrogen-bond acceptors (Lipinski definition) is 7. The van der Waals surface area contributed by atoms with E-state index in [2.05, 4.69) is 16.0 Å². The van der Waals surface area contributed by atoms with Crippen molar-refractivity contribution in [3.05, 3.63) is 35.9 Å². The summed E-state index contributed by atoms with van der Waals surface area (Å²) >= 11 is 0. The third kappa shape index (κ3) is 11.5. The lowest BCUT2D eigenvalue weighted by Gasteiger charge is -2.24. The van der Waals surface area contributed by atoms with Crippen LogP contribution in [-0.4, -0.2) is 65.4 Å². The highest BCUT2D eigenvalue weighted by Gasteiger charge is 2.29. The van der Waals surface area contributed by atoms with Crippen molar-refractivity contribution in [1.82, 2.24) is 16.0 Å². The average molecular weight is 493 g/mol. The summed E-state index contributed by atoms with van der Waals surface area (Å²) in [5, 5.41) is 16.8. The molecule has 0 fully saturated rings. The zero-order valence-electron chi connectivity index (χ0n) is 19.9. The van der Waals surface area contributed by atoms with E-state index in [9.17, 15) is 29.1 Å². The maximum atomic E-state index is 12.9. The van der Waals surface area contributed by atoms with Gasteiger partial charge < -0.3 is 38.3 Å². The predicted octanol–water partition coefficient (Wildman–Crippen LogP) is -1.49. The minimum Gasteiger partial charge on any atom is -0.480 e. The van der Waals surface area contributed by atoms with Crippen molar-refractivity contribution in [3.8, 4) is 0 Å². The number of carboxylic acids is 1. The number of carbonyl (C=O) groups is 5. The van der Waals surface area contributed by atoms with Crippen LogP contribution >= 0.6 is 0 Å². The lowest BCUT2D eigenvalue weighted by Crippen LogP contribution is -2.57. The number of carbonyl (C=O) groups excluding carboxylic acids is 4. The van der Waals surface area contributed by atoms with E-state index < -0.39 is 53.8 Å². The number of benzene rings is 1. The summed E-state index contributed by atoms with van der Waals surface area (Å²) in [4.78, 5) is 60.5. The minimum atomic E-state index is -1.37. The number of nitrogens with one attached hydrogen (secondary N) is 3. The van der Waals surface area contributed by atoms with E-state index in [0.717, 1.165) is 12.0 Å². The average Bonchev–Trinajstić information content (AvgIpc) is 2.81. The van der Waals surface area contributed by atoms with Crippen molar-refractivity contribution in [2.45, 2.75) is 69.6 Å². The molecule has 0 bridgehead atoms. The normalized spacial score (nSPS) is 14.1. The lowest BCUT2D eigenvalue weighted by atomic mass is 10.0. The number of hydrogen-bond donors (Lipinski definition) is 7. The third-order valence-corrected chi connectivity index (χ3v) is 5.27. The molecule has 12 heteroatoms. The smallest absolute Gasteiger partial charge is 0.326 e. The van der Waals surface area contributed by atoms with E-state index in [4.69, 9.17) is 17.2 Å². The molecule has 1 aromatic rings. The Morgan fingerprint density at radius 1 is 0.886 bits per heavy atom. The van der Waals surface area contributed by atoms with Gasteiger partial charge in [-0.1, -0.05) is 36.8 Å². The van der Waals surface area contributed by atoms with E-state index in [1.165, 1.54) is 6.92 Å². The first-order valence-electron chi connectivity index (χ1n) is 11.5. The van der Waals surface area contributed by atoms with Crippen molar-refractivity contribution in [3.63, 3.8) is 0 Å². The van der Waals surface area contributed by atoms with Gasteiger partial charge in [0.1, 0.15) is 18.1 Å². The predicted molar refractivity (Wildman–Crippen MR) is 129 cm³/mol. The molecule has 0 aliphatic rings. The van der Waals surface area contributed by atoms with Gasteiger partial charge in [0.05, 0.1) is 6.04 Å². The Morgan fingerprint density at radius 2 is 1.51 bits per heavy atom. The molecule has 0 spiro atoms. The minimum absolute atomic E-state index is 0.0693. The van der Waals surface area contributed by atoms with E-state index >= 15 is 0 Å². The second-order valence-electron chi connectivity index (χ2n) is 8.28. The fourth-order valence-corrected chi connectivity index (χ4v) is 3.20. The van der Waals surface area contributed by atoms with Gasteiger partial charge in [0.15, 0.2) is 0 Å². The summed E-state index contributed by atoms with van der Waals surface area (Å²) in [6.45, 7) is 1.94. The Labute approximate surface area is 204 Å². The molecule has 12 nitrogen and oxygen atoms in total. The second-order valence-corrected chi connectivity index (χ2v) is 8.28. The second kappa shape index (κ2) is 15.4. The molecule has 4 amide bonds. The number of carboxylic acid groups (broad SMARTS) is 1. The molecule has 10 N–H and O–H groups in total. The standard InChI is InChI=1S/C23H36N6O6/c1-14(27-21(32)16(25)9-5-6-12-24)20(31)29-18(13-15-7-3-2-4-8-15)22(33)28-17(23(34)35)10-11-19(26)30/h2-4,7-8,14,16-18H,5-6,9-13,24-25H2,1H3,(H2,26,30)(H,27,32)(H,28,33)(H,29,31)(H,34,35). The van der Waals surface area contributed by atoms with Crippen LogP contribution in [0.25, 0.3) is 0 Å². The van der Waals surface area contributed by atoms with Crippen LogP contribution in [0.2, 0.25) is 0 Å². The molecule has 0 radical (unpaired) electrons. The van der Waals surface area contributed by atoms with Gasteiger partial charge in [-0.05, 0) is 38.3 Å². The third-order valence-electron chi connectivity index (χ3n) is 5.27. The van der Waals surface area contributed by atoms with Gasteiger partial charge in [0.25, 0.3) is 0 Å². The molecule has 1 rings (SSSR count). The van der Waals surface area contributed by atoms with Crippen LogP contribution in [0.3, 0.4) is 0 Å². The van der Waals surface area contributed by atoms with Gasteiger partial charge in [-0.25, -0.2) is 4.79 Å². The van der Waals surface area contributed by atoms with Crippen molar-refractivity contribution >= 4 is 29.6 Å². The van der Waals surface area contributed by atoms with Crippen LogP contribution in [-0.2, 0) is 30.4 Å². The van der Waals surface area contributed by atoms with E-state index in [1.807, 2.05) is 0 Å².